The van der Waals surface area contributed by atoms with Crippen LogP contribution in [0.25, 0.3) is 22.4 Å². The summed E-state index contributed by atoms with van der Waals surface area (Å²) in [7, 11) is 0. The maximum absolute atomic E-state index is 12.7. The molecule has 4 rings (SSSR count). The number of carboxylic acids is 1. The molecular weight excluding hydrogens is 416 g/mol. The minimum absolute atomic E-state index is 0.133. The van der Waals surface area contributed by atoms with Crippen molar-refractivity contribution in [3.8, 4) is 17.1 Å². The van der Waals surface area contributed by atoms with Gasteiger partial charge in [0.25, 0.3) is 5.91 Å². The minimum atomic E-state index is -1.12. The number of carboxylic acid groups (broad SMARTS) is 1. The topological polar surface area (TPSA) is 128 Å². The van der Waals surface area contributed by atoms with Gasteiger partial charge in [0.05, 0.1) is 11.0 Å². The van der Waals surface area contributed by atoms with E-state index >= 15 is 0 Å². The van der Waals surface area contributed by atoms with Gasteiger partial charge in [-0.3, -0.25) is 9.78 Å². The second-order valence-corrected chi connectivity index (χ2v) is 7.82. The van der Waals surface area contributed by atoms with Crippen molar-refractivity contribution in [3.05, 3.63) is 72.6 Å². The van der Waals surface area contributed by atoms with E-state index in [0.29, 0.717) is 22.4 Å². The number of nitrogens with one attached hydrogen (secondary N) is 2. The lowest BCUT2D eigenvalue weighted by molar-refractivity contribution is -0.138. The molecular formula is C22H18N4O4S. The Hall–Kier alpha value is -3.85. The zero-order chi connectivity index (χ0) is 21.8. The van der Waals surface area contributed by atoms with Gasteiger partial charge in [0.15, 0.2) is 0 Å². The Bertz CT molecular complexity index is 1230. The van der Waals surface area contributed by atoms with E-state index in [9.17, 15) is 19.8 Å². The van der Waals surface area contributed by atoms with Crippen LogP contribution < -0.4 is 5.32 Å². The second kappa shape index (κ2) is 8.88. The normalized spacial score (nSPS) is 11.9. The van der Waals surface area contributed by atoms with Gasteiger partial charge in [0.1, 0.15) is 17.6 Å². The Morgan fingerprint density at radius 1 is 1.06 bits per heavy atom. The number of amides is 1. The number of benzene rings is 2. The number of carbonyl (C=O) groups excluding carboxylic acids is 1. The molecule has 31 heavy (non-hydrogen) atoms. The number of carbonyl (C=O) groups is 2. The van der Waals surface area contributed by atoms with E-state index in [0.717, 1.165) is 10.5 Å². The van der Waals surface area contributed by atoms with Crippen molar-refractivity contribution in [2.45, 2.75) is 10.9 Å². The van der Waals surface area contributed by atoms with Crippen molar-refractivity contribution in [1.29, 1.82) is 0 Å². The fourth-order valence-corrected chi connectivity index (χ4v) is 3.85. The van der Waals surface area contributed by atoms with E-state index in [2.05, 4.69) is 20.3 Å². The van der Waals surface area contributed by atoms with Gasteiger partial charge in [-0.1, -0.05) is 0 Å². The molecule has 8 nitrogen and oxygen atoms in total. The summed E-state index contributed by atoms with van der Waals surface area (Å²) in [6, 6.07) is 14.0. The van der Waals surface area contributed by atoms with E-state index in [-0.39, 0.29) is 11.5 Å². The molecule has 0 saturated carbocycles. The van der Waals surface area contributed by atoms with Gasteiger partial charge in [-0.25, -0.2) is 9.78 Å². The summed E-state index contributed by atoms with van der Waals surface area (Å²) in [6.07, 6.45) is 3.34. The zero-order valence-electron chi connectivity index (χ0n) is 16.1. The molecule has 0 fully saturated rings. The lowest BCUT2D eigenvalue weighted by atomic mass is 10.2. The molecule has 1 atom stereocenters. The number of H-pyrrole nitrogens is 1. The van der Waals surface area contributed by atoms with Crippen LogP contribution in [0.15, 0.2) is 71.9 Å². The van der Waals surface area contributed by atoms with Gasteiger partial charge in [0.2, 0.25) is 0 Å². The molecule has 156 valence electrons. The maximum atomic E-state index is 12.7. The summed E-state index contributed by atoms with van der Waals surface area (Å²) in [5.74, 6) is -0.676. The Labute approximate surface area is 181 Å². The van der Waals surface area contributed by atoms with Crippen molar-refractivity contribution in [1.82, 2.24) is 20.3 Å². The number of fused-ring (bicyclic) bond motifs is 1. The molecule has 0 spiro atoms. The first-order chi connectivity index (χ1) is 15.0. The third-order valence-electron chi connectivity index (χ3n) is 4.55. The number of aromatic nitrogens is 3. The molecule has 0 aliphatic heterocycles. The molecule has 9 heteroatoms. The summed E-state index contributed by atoms with van der Waals surface area (Å²) in [5, 5.41) is 21.4. The number of pyridine rings is 1. The molecule has 2 aromatic heterocycles. The molecule has 0 bridgehead atoms. The number of phenols is 1. The SMILES string of the molecule is O=C(NC(CSc1ccc(O)cc1)C(=O)O)c1ccc2nc(-c3ccncc3)[nH]c2c1. The molecule has 4 aromatic rings. The van der Waals surface area contributed by atoms with Crippen LogP contribution in [0.1, 0.15) is 10.4 Å². The standard InChI is InChI=1S/C22H18N4O4S/c27-15-2-4-16(5-3-15)31-12-19(22(29)30)26-21(28)14-1-6-17-18(11-14)25-20(24-17)13-7-9-23-10-8-13/h1-11,19,27H,12H2,(H,24,25)(H,26,28)(H,29,30). The summed E-state index contributed by atoms with van der Waals surface area (Å²) in [4.78, 5) is 36.8. The number of rotatable bonds is 7. The lowest BCUT2D eigenvalue weighted by Crippen LogP contribution is -2.42. The highest BCUT2D eigenvalue weighted by molar-refractivity contribution is 7.99. The zero-order valence-corrected chi connectivity index (χ0v) is 17.0. The third kappa shape index (κ3) is 4.84. The van der Waals surface area contributed by atoms with E-state index in [4.69, 9.17) is 0 Å². The van der Waals surface area contributed by atoms with Gasteiger partial charge in [-0.2, -0.15) is 0 Å². The highest BCUT2D eigenvalue weighted by Crippen LogP contribution is 2.23. The molecule has 2 heterocycles. The second-order valence-electron chi connectivity index (χ2n) is 6.72. The van der Waals surface area contributed by atoms with Crippen molar-refractivity contribution in [2.75, 3.05) is 5.75 Å². The first-order valence-electron chi connectivity index (χ1n) is 9.35. The first kappa shape index (κ1) is 20.4. The van der Waals surface area contributed by atoms with Gasteiger partial charge in [-0.05, 0) is 54.6 Å². The van der Waals surface area contributed by atoms with Crippen molar-refractivity contribution < 1.29 is 19.8 Å². The number of phenolic OH excluding ortho intramolecular Hbond substituents is 1. The van der Waals surface area contributed by atoms with Crippen LogP contribution >= 0.6 is 11.8 Å². The Morgan fingerprint density at radius 2 is 1.81 bits per heavy atom. The van der Waals surface area contributed by atoms with Crippen LogP contribution in [0, 0.1) is 0 Å². The van der Waals surface area contributed by atoms with Crippen LogP contribution in [-0.2, 0) is 4.79 Å². The van der Waals surface area contributed by atoms with E-state index in [1.54, 1.807) is 42.7 Å². The van der Waals surface area contributed by atoms with Gasteiger partial charge in [0, 0.05) is 34.2 Å². The molecule has 2 aromatic carbocycles. The molecule has 0 aliphatic rings. The monoisotopic (exact) mass is 434 g/mol. The average molecular weight is 434 g/mol. The summed E-state index contributed by atoms with van der Waals surface area (Å²) in [6.45, 7) is 0. The van der Waals surface area contributed by atoms with Crippen LogP contribution in [-0.4, -0.2) is 48.8 Å². The molecule has 0 saturated heterocycles. The lowest BCUT2D eigenvalue weighted by Gasteiger charge is -2.14. The number of hydrogen-bond donors (Lipinski definition) is 4. The predicted molar refractivity (Wildman–Crippen MR) is 117 cm³/mol. The summed E-state index contributed by atoms with van der Waals surface area (Å²) < 4.78 is 0. The third-order valence-corrected chi connectivity index (χ3v) is 5.66. The molecule has 0 aliphatic carbocycles. The smallest absolute Gasteiger partial charge is 0.327 e. The van der Waals surface area contributed by atoms with Gasteiger partial charge >= 0.3 is 5.97 Å². The highest BCUT2D eigenvalue weighted by atomic mass is 32.2. The average Bonchev–Trinajstić information content (AvgIpc) is 3.21. The van der Waals surface area contributed by atoms with Crippen LogP contribution in [0.2, 0.25) is 0 Å². The van der Waals surface area contributed by atoms with Crippen LogP contribution in [0.5, 0.6) is 5.75 Å². The Kier molecular flexibility index (Phi) is 5.85. The fraction of sp³-hybridized carbons (Fsp3) is 0.0909. The number of hydrogen-bond acceptors (Lipinski definition) is 6. The number of imidazole rings is 1. The number of nitrogens with zero attached hydrogens (tertiary/aromatic N) is 2. The molecule has 1 amide bonds. The molecule has 1 unspecified atom stereocenters. The first-order valence-corrected chi connectivity index (χ1v) is 10.3. The quantitative estimate of drug-likeness (QED) is 0.329. The van der Waals surface area contributed by atoms with Crippen molar-refractivity contribution in [2.24, 2.45) is 0 Å². The number of aromatic hydroxyl groups is 1. The maximum Gasteiger partial charge on any atom is 0.327 e. The molecule has 0 radical (unpaired) electrons. The fourth-order valence-electron chi connectivity index (χ4n) is 2.94. The summed E-state index contributed by atoms with van der Waals surface area (Å²) >= 11 is 1.28. The number of aromatic amines is 1. The largest absolute Gasteiger partial charge is 0.508 e. The van der Waals surface area contributed by atoms with E-state index in [1.165, 1.54) is 23.9 Å². The van der Waals surface area contributed by atoms with Crippen LogP contribution in [0.4, 0.5) is 0 Å². The Balaban J connectivity index is 1.47. The van der Waals surface area contributed by atoms with E-state index in [1.807, 2.05) is 12.1 Å². The number of aliphatic carboxylic acids is 1. The van der Waals surface area contributed by atoms with Gasteiger partial charge in [-0.15, -0.1) is 11.8 Å². The van der Waals surface area contributed by atoms with Crippen molar-refractivity contribution in [3.63, 3.8) is 0 Å². The highest BCUT2D eigenvalue weighted by Gasteiger charge is 2.21. The van der Waals surface area contributed by atoms with Crippen molar-refractivity contribution >= 4 is 34.7 Å². The van der Waals surface area contributed by atoms with E-state index < -0.39 is 17.9 Å². The summed E-state index contributed by atoms with van der Waals surface area (Å²) in [5.41, 5.74) is 2.57. The Morgan fingerprint density at radius 3 is 2.52 bits per heavy atom. The van der Waals surface area contributed by atoms with Gasteiger partial charge < -0.3 is 20.5 Å². The number of thioether (sulfide) groups is 1. The molecule has 4 N–H and O–H groups in total. The minimum Gasteiger partial charge on any atom is -0.508 e. The predicted octanol–water partition coefficient (Wildman–Crippen LogP) is 3.31. The van der Waals surface area contributed by atoms with Crippen LogP contribution in [0.3, 0.4) is 0 Å².